The van der Waals surface area contributed by atoms with E-state index < -0.39 is 0 Å². The predicted octanol–water partition coefficient (Wildman–Crippen LogP) is 3.60. The lowest BCUT2D eigenvalue weighted by Gasteiger charge is -2.34. The number of aryl methyl sites for hydroxylation is 1. The number of fused-ring (bicyclic) bond motifs is 1. The van der Waals surface area contributed by atoms with Gasteiger partial charge in [0.2, 0.25) is 0 Å². The molecule has 4 aromatic rings. The van der Waals surface area contributed by atoms with E-state index in [9.17, 15) is 4.79 Å². The van der Waals surface area contributed by atoms with E-state index in [1.165, 1.54) is 11.1 Å². The zero-order chi connectivity index (χ0) is 19.8. The Morgan fingerprint density at radius 1 is 1.10 bits per heavy atom. The van der Waals surface area contributed by atoms with Crippen LogP contribution in [0.1, 0.15) is 33.1 Å². The van der Waals surface area contributed by atoms with Gasteiger partial charge in [-0.15, -0.1) is 0 Å². The summed E-state index contributed by atoms with van der Waals surface area (Å²) in [5.74, 6) is 0.0668. The smallest absolute Gasteiger partial charge is 0.272 e. The van der Waals surface area contributed by atoms with Gasteiger partial charge in [0.05, 0.1) is 11.9 Å². The normalized spacial score (nSPS) is 15.9. The van der Waals surface area contributed by atoms with Crippen LogP contribution in [0.15, 0.2) is 73.1 Å². The molecule has 6 heteroatoms. The van der Waals surface area contributed by atoms with Crippen molar-refractivity contribution in [3.8, 4) is 11.3 Å². The number of carbonyl (C=O) groups is 1. The molecule has 2 aromatic carbocycles. The largest absolute Gasteiger partial charge is 0.332 e. The third kappa shape index (κ3) is 3.23. The van der Waals surface area contributed by atoms with E-state index in [-0.39, 0.29) is 11.8 Å². The fourth-order valence-corrected chi connectivity index (χ4v) is 4.03. The van der Waals surface area contributed by atoms with Gasteiger partial charge in [0.25, 0.3) is 5.91 Å². The third-order valence-electron chi connectivity index (χ3n) is 5.49. The van der Waals surface area contributed by atoms with Gasteiger partial charge in [-0.25, -0.2) is 0 Å². The van der Waals surface area contributed by atoms with Crippen molar-refractivity contribution >= 4 is 5.91 Å². The number of rotatable bonds is 3. The van der Waals surface area contributed by atoms with Crippen molar-refractivity contribution < 1.29 is 4.79 Å². The topological polar surface area (TPSA) is 66.8 Å². The molecule has 0 bridgehead atoms. The molecule has 144 valence electrons. The Labute approximate surface area is 168 Å². The average Bonchev–Trinajstić information content (AvgIpc) is 3.42. The summed E-state index contributed by atoms with van der Waals surface area (Å²) in [6.45, 7) is 1.20. The zero-order valence-electron chi connectivity index (χ0n) is 16.1. The summed E-state index contributed by atoms with van der Waals surface area (Å²) in [4.78, 5) is 15.2. The van der Waals surface area contributed by atoms with Crippen LogP contribution >= 0.6 is 0 Å². The highest BCUT2D eigenvalue weighted by Crippen LogP contribution is 2.34. The van der Waals surface area contributed by atoms with E-state index in [0.717, 1.165) is 16.8 Å². The molecule has 0 spiro atoms. The Balaban J connectivity index is 1.46. The van der Waals surface area contributed by atoms with Crippen molar-refractivity contribution in [2.45, 2.75) is 12.5 Å². The van der Waals surface area contributed by atoms with Crippen molar-refractivity contribution in [2.75, 3.05) is 6.54 Å². The van der Waals surface area contributed by atoms with Gasteiger partial charge in [-0.05, 0) is 22.8 Å². The lowest BCUT2D eigenvalue weighted by Crippen LogP contribution is -2.38. The number of nitrogens with one attached hydrogen (secondary N) is 1. The number of aromatic nitrogens is 4. The second kappa shape index (κ2) is 7.05. The molecule has 0 saturated carbocycles. The number of nitrogens with zero attached hydrogens (tertiary/aromatic N) is 4. The highest BCUT2D eigenvalue weighted by atomic mass is 16.2. The SMILES string of the molecule is Cn1cc(C2CN(C(=O)c3cc(-c4ccccc4)n[nH]3)Cc3ccccc32)cn1. The average molecular weight is 383 g/mol. The maximum absolute atomic E-state index is 13.3. The number of H-pyrrole nitrogens is 1. The third-order valence-corrected chi connectivity index (χ3v) is 5.49. The zero-order valence-corrected chi connectivity index (χ0v) is 16.1. The van der Waals surface area contributed by atoms with Crippen LogP contribution in [0.3, 0.4) is 0 Å². The molecule has 29 heavy (non-hydrogen) atoms. The molecule has 1 N–H and O–H groups in total. The Hall–Kier alpha value is -3.67. The van der Waals surface area contributed by atoms with Gasteiger partial charge in [0.15, 0.2) is 0 Å². The fourth-order valence-electron chi connectivity index (χ4n) is 4.03. The monoisotopic (exact) mass is 383 g/mol. The van der Waals surface area contributed by atoms with Crippen LogP contribution < -0.4 is 0 Å². The summed E-state index contributed by atoms with van der Waals surface area (Å²) in [5, 5.41) is 11.6. The minimum Gasteiger partial charge on any atom is -0.332 e. The number of carbonyl (C=O) groups excluding carboxylic acids is 1. The first-order valence-corrected chi connectivity index (χ1v) is 9.65. The molecular weight excluding hydrogens is 362 g/mol. The van der Waals surface area contributed by atoms with Gasteiger partial charge < -0.3 is 4.90 Å². The maximum atomic E-state index is 13.3. The van der Waals surface area contributed by atoms with E-state index in [1.54, 1.807) is 4.68 Å². The molecule has 0 radical (unpaired) electrons. The highest BCUT2D eigenvalue weighted by Gasteiger charge is 2.31. The van der Waals surface area contributed by atoms with Crippen molar-refractivity contribution in [1.29, 1.82) is 0 Å². The minimum atomic E-state index is -0.0388. The van der Waals surface area contributed by atoms with Crippen LogP contribution in [0.2, 0.25) is 0 Å². The number of hydrogen-bond donors (Lipinski definition) is 1. The highest BCUT2D eigenvalue weighted by molar-refractivity contribution is 5.93. The quantitative estimate of drug-likeness (QED) is 0.588. The molecule has 1 aliphatic rings. The second-order valence-corrected chi connectivity index (χ2v) is 7.42. The van der Waals surface area contributed by atoms with Crippen molar-refractivity contribution in [2.24, 2.45) is 7.05 Å². The first kappa shape index (κ1) is 17.4. The molecular formula is C23H21N5O. The number of aromatic amines is 1. The fraction of sp³-hybridized carbons (Fsp3) is 0.174. The Bertz CT molecular complexity index is 1160. The summed E-state index contributed by atoms with van der Waals surface area (Å²) in [5.41, 5.74) is 5.82. The summed E-state index contributed by atoms with van der Waals surface area (Å²) in [7, 11) is 1.91. The molecule has 2 aromatic heterocycles. The van der Waals surface area contributed by atoms with Crippen molar-refractivity contribution in [3.05, 3.63) is 95.4 Å². The molecule has 1 atom stereocenters. The van der Waals surface area contributed by atoms with Crippen LogP contribution in [0.25, 0.3) is 11.3 Å². The predicted molar refractivity (Wildman–Crippen MR) is 110 cm³/mol. The van der Waals surface area contributed by atoms with Crippen molar-refractivity contribution in [3.63, 3.8) is 0 Å². The molecule has 1 amide bonds. The molecule has 1 unspecified atom stereocenters. The van der Waals surface area contributed by atoms with E-state index in [1.807, 2.05) is 66.8 Å². The lowest BCUT2D eigenvalue weighted by atomic mass is 9.86. The maximum Gasteiger partial charge on any atom is 0.272 e. The van der Waals surface area contributed by atoms with E-state index in [0.29, 0.717) is 18.8 Å². The molecule has 0 saturated heterocycles. The van der Waals surface area contributed by atoms with Crippen LogP contribution in [-0.4, -0.2) is 37.3 Å². The van der Waals surface area contributed by atoms with Crippen LogP contribution in [-0.2, 0) is 13.6 Å². The summed E-state index contributed by atoms with van der Waals surface area (Å²) in [6, 6.07) is 20.0. The van der Waals surface area contributed by atoms with Crippen LogP contribution in [0, 0.1) is 0 Å². The first-order chi connectivity index (χ1) is 14.2. The van der Waals surface area contributed by atoms with Gasteiger partial charge in [-0.3, -0.25) is 14.6 Å². The Kier molecular flexibility index (Phi) is 4.24. The van der Waals surface area contributed by atoms with Crippen LogP contribution in [0.5, 0.6) is 0 Å². The molecule has 0 aliphatic carbocycles. The number of amides is 1. The van der Waals surface area contributed by atoms with Gasteiger partial charge in [-0.1, -0.05) is 54.6 Å². The molecule has 6 nitrogen and oxygen atoms in total. The van der Waals surface area contributed by atoms with Gasteiger partial charge in [0, 0.05) is 37.8 Å². The summed E-state index contributed by atoms with van der Waals surface area (Å²) >= 11 is 0. The van der Waals surface area contributed by atoms with Gasteiger partial charge in [0.1, 0.15) is 5.69 Å². The molecule has 5 rings (SSSR count). The summed E-state index contributed by atoms with van der Waals surface area (Å²) in [6.07, 6.45) is 3.91. The Morgan fingerprint density at radius 2 is 1.90 bits per heavy atom. The second-order valence-electron chi connectivity index (χ2n) is 7.42. The standard InChI is InChI=1S/C23H21N5O/c1-27-13-18(12-24-27)20-15-28(14-17-9-5-6-10-19(17)20)23(29)22-11-21(25-26-22)16-7-3-2-4-8-16/h2-13,20H,14-15H2,1H3,(H,25,26). The van der Waals surface area contributed by atoms with E-state index in [4.69, 9.17) is 0 Å². The Morgan fingerprint density at radius 3 is 2.69 bits per heavy atom. The first-order valence-electron chi connectivity index (χ1n) is 9.65. The summed E-state index contributed by atoms with van der Waals surface area (Å²) < 4.78 is 1.81. The van der Waals surface area contributed by atoms with Crippen molar-refractivity contribution in [1.82, 2.24) is 24.9 Å². The molecule has 1 aliphatic heterocycles. The molecule has 3 heterocycles. The van der Waals surface area contributed by atoms with Gasteiger partial charge >= 0.3 is 0 Å². The van der Waals surface area contributed by atoms with Crippen LogP contribution in [0.4, 0.5) is 0 Å². The van der Waals surface area contributed by atoms with E-state index >= 15 is 0 Å². The number of hydrogen-bond acceptors (Lipinski definition) is 3. The van der Waals surface area contributed by atoms with E-state index in [2.05, 4.69) is 33.5 Å². The minimum absolute atomic E-state index is 0.0388. The molecule has 0 fully saturated rings. The number of benzene rings is 2. The van der Waals surface area contributed by atoms with Gasteiger partial charge in [-0.2, -0.15) is 10.2 Å². The lowest BCUT2D eigenvalue weighted by molar-refractivity contribution is 0.0719.